The molecule has 1 aromatic heterocycles. The van der Waals surface area contributed by atoms with Gasteiger partial charge in [0.15, 0.2) is 11.6 Å². The summed E-state index contributed by atoms with van der Waals surface area (Å²) in [6, 6.07) is 11.8. The molecule has 5 unspecified atom stereocenters. The smallest absolute Gasteiger partial charge is 0.178 e. The third-order valence-electron chi connectivity index (χ3n) is 9.79. The summed E-state index contributed by atoms with van der Waals surface area (Å²) >= 11 is 1.35. The first-order chi connectivity index (χ1) is 17.2. The molecule has 6 rings (SSSR count). The van der Waals surface area contributed by atoms with Gasteiger partial charge < -0.3 is 5.11 Å². The highest BCUT2D eigenvalue weighted by Crippen LogP contribution is 2.66. The van der Waals surface area contributed by atoms with Gasteiger partial charge in [-0.1, -0.05) is 61.5 Å². The van der Waals surface area contributed by atoms with Crippen molar-refractivity contribution in [2.75, 3.05) is 5.75 Å². The van der Waals surface area contributed by atoms with Gasteiger partial charge >= 0.3 is 0 Å². The Morgan fingerprint density at radius 3 is 2.78 bits per heavy atom. The summed E-state index contributed by atoms with van der Waals surface area (Å²) in [5.41, 5.74) is -0.805. The number of aliphatic hydroxyl groups is 1. The summed E-state index contributed by atoms with van der Waals surface area (Å²) in [5.74, 6) is 0.0337. The van der Waals surface area contributed by atoms with Crippen LogP contribution in [0.5, 0.6) is 0 Å². The molecule has 0 aliphatic heterocycles. The van der Waals surface area contributed by atoms with Crippen molar-refractivity contribution in [1.82, 2.24) is 4.98 Å². The maximum absolute atomic E-state index is 13.7. The molecule has 1 N–H and O–H groups in total. The highest BCUT2D eigenvalue weighted by Gasteiger charge is 2.68. The molecule has 4 aliphatic rings. The molecule has 4 aliphatic carbocycles. The molecule has 1 aromatic carbocycles. The van der Waals surface area contributed by atoms with Crippen LogP contribution in [0.2, 0.25) is 0 Å². The van der Waals surface area contributed by atoms with E-state index in [1.807, 2.05) is 49.4 Å². The Morgan fingerprint density at radius 2 is 1.94 bits per heavy atom. The molecule has 5 nitrogen and oxygen atoms in total. The summed E-state index contributed by atoms with van der Waals surface area (Å²) in [4.78, 5) is 44.0. The molecular weight excluding hydrogens is 470 g/mol. The highest BCUT2D eigenvalue weighted by atomic mass is 32.2. The zero-order chi connectivity index (χ0) is 25.3. The SMILES string of the molecule is CC12C=CC(=O)C=C1CCC1C2C(=O)CC2(C)C1CC[C@]2(O)C(=O)CSc1ccc2ccccc2n1. The van der Waals surface area contributed by atoms with E-state index in [2.05, 4.69) is 11.9 Å². The van der Waals surface area contributed by atoms with Crippen LogP contribution in [-0.4, -0.2) is 38.8 Å². The fourth-order valence-electron chi connectivity index (χ4n) is 7.88. The quantitative estimate of drug-likeness (QED) is 0.586. The molecular formula is C30H31NO4S. The Hall–Kier alpha value is -2.57. The maximum Gasteiger partial charge on any atom is 0.178 e. The highest BCUT2D eigenvalue weighted by molar-refractivity contribution is 7.99. The van der Waals surface area contributed by atoms with Crippen LogP contribution in [0.15, 0.2) is 65.2 Å². The number of thioether (sulfide) groups is 1. The van der Waals surface area contributed by atoms with Crippen LogP contribution in [-0.2, 0) is 14.4 Å². The number of hydrogen-bond acceptors (Lipinski definition) is 6. The van der Waals surface area contributed by atoms with Crippen LogP contribution in [0.3, 0.4) is 0 Å². The summed E-state index contributed by atoms with van der Waals surface area (Å²) in [7, 11) is 0. The van der Waals surface area contributed by atoms with Crippen molar-refractivity contribution in [3.05, 3.63) is 60.2 Å². The molecule has 0 amide bonds. The number of fused-ring (bicyclic) bond motifs is 6. The molecule has 6 atom stereocenters. The second-order valence-electron chi connectivity index (χ2n) is 11.5. The van der Waals surface area contributed by atoms with Crippen molar-refractivity contribution in [3.8, 4) is 0 Å². The van der Waals surface area contributed by atoms with Crippen molar-refractivity contribution in [1.29, 1.82) is 0 Å². The average Bonchev–Trinajstić information content (AvgIpc) is 3.13. The second-order valence-corrected chi connectivity index (χ2v) is 12.5. The summed E-state index contributed by atoms with van der Waals surface area (Å²) in [6.07, 6.45) is 8.17. The van der Waals surface area contributed by atoms with Gasteiger partial charge in [-0.25, -0.2) is 4.98 Å². The Morgan fingerprint density at radius 1 is 1.14 bits per heavy atom. The lowest BCUT2D eigenvalue weighted by atomic mass is 9.46. The first kappa shape index (κ1) is 23.8. The Kier molecular flexibility index (Phi) is 5.44. The maximum atomic E-state index is 13.7. The van der Waals surface area contributed by atoms with Crippen molar-refractivity contribution in [2.24, 2.45) is 28.6 Å². The van der Waals surface area contributed by atoms with Crippen molar-refractivity contribution >= 4 is 40.0 Å². The van der Waals surface area contributed by atoms with Gasteiger partial charge in [0, 0.05) is 28.6 Å². The third kappa shape index (κ3) is 3.33. The van der Waals surface area contributed by atoms with E-state index in [0.29, 0.717) is 6.42 Å². The number of carbonyl (C=O) groups is 3. The van der Waals surface area contributed by atoms with E-state index in [9.17, 15) is 19.5 Å². The van der Waals surface area contributed by atoms with Crippen molar-refractivity contribution in [3.63, 3.8) is 0 Å². The Balaban J connectivity index is 1.24. The van der Waals surface area contributed by atoms with Gasteiger partial charge in [-0.3, -0.25) is 14.4 Å². The number of pyridine rings is 1. The fourth-order valence-corrected chi connectivity index (χ4v) is 8.72. The monoisotopic (exact) mass is 501 g/mol. The van der Waals surface area contributed by atoms with Crippen molar-refractivity contribution < 1.29 is 19.5 Å². The van der Waals surface area contributed by atoms with E-state index >= 15 is 0 Å². The van der Waals surface area contributed by atoms with Gasteiger partial charge in [-0.15, -0.1) is 0 Å². The normalized spacial score (nSPS) is 37.3. The molecule has 0 saturated heterocycles. The molecule has 0 spiro atoms. The van der Waals surface area contributed by atoms with E-state index < -0.39 is 16.4 Å². The van der Waals surface area contributed by atoms with E-state index in [1.165, 1.54) is 11.8 Å². The van der Waals surface area contributed by atoms with Crippen LogP contribution in [0.1, 0.15) is 46.0 Å². The number of carbonyl (C=O) groups excluding carboxylic acids is 3. The van der Waals surface area contributed by atoms with E-state index in [1.54, 1.807) is 12.2 Å². The minimum absolute atomic E-state index is 0.00624. The number of rotatable bonds is 4. The number of allylic oxidation sites excluding steroid dienone is 4. The van der Waals surface area contributed by atoms with Gasteiger partial charge in [0.25, 0.3) is 0 Å². The zero-order valence-corrected chi connectivity index (χ0v) is 21.5. The predicted molar refractivity (Wildman–Crippen MR) is 139 cm³/mol. The van der Waals surface area contributed by atoms with Gasteiger partial charge in [0.2, 0.25) is 0 Å². The van der Waals surface area contributed by atoms with Gasteiger partial charge in [-0.2, -0.15) is 0 Å². The van der Waals surface area contributed by atoms with Crippen LogP contribution in [0.4, 0.5) is 0 Å². The van der Waals surface area contributed by atoms with Gasteiger partial charge in [0.1, 0.15) is 11.4 Å². The Labute approximate surface area is 215 Å². The van der Waals surface area contributed by atoms with Crippen LogP contribution < -0.4 is 0 Å². The average molecular weight is 502 g/mol. The molecule has 0 radical (unpaired) electrons. The number of Topliss-reactive ketones (excluding diaryl/α,β-unsaturated/α-hetero) is 2. The molecule has 36 heavy (non-hydrogen) atoms. The first-order valence-corrected chi connectivity index (χ1v) is 13.9. The van der Waals surface area contributed by atoms with Crippen molar-refractivity contribution in [2.45, 2.75) is 56.6 Å². The topological polar surface area (TPSA) is 84.3 Å². The number of benzene rings is 1. The molecule has 0 bridgehead atoms. The van der Waals surface area contributed by atoms with Gasteiger partial charge in [-0.05, 0) is 61.8 Å². The molecule has 186 valence electrons. The predicted octanol–water partition coefficient (Wildman–Crippen LogP) is 5.11. The van der Waals surface area contributed by atoms with Crippen LogP contribution in [0.25, 0.3) is 10.9 Å². The summed E-state index contributed by atoms with van der Waals surface area (Å²) in [5, 5.41) is 13.7. The van der Waals surface area contributed by atoms with E-state index in [0.717, 1.165) is 40.8 Å². The third-order valence-corrected chi connectivity index (χ3v) is 10.7. The lowest BCUT2D eigenvalue weighted by Crippen LogP contribution is -2.60. The number of aromatic nitrogens is 1. The van der Waals surface area contributed by atoms with E-state index in [-0.39, 0.29) is 47.3 Å². The Bertz CT molecular complexity index is 1360. The molecule has 3 saturated carbocycles. The summed E-state index contributed by atoms with van der Waals surface area (Å²) < 4.78 is 0. The van der Waals surface area contributed by atoms with E-state index in [4.69, 9.17) is 0 Å². The lowest BCUT2D eigenvalue weighted by Gasteiger charge is -2.56. The van der Waals surface area contributed by atoms with Gasteiger partial charge in [0.05, 0.1) is 16.3 Å². The number of ketones is 3. The molecule has 6 heteroatoms. The summed E-state index contributed by atoms with van der Waals surface area (Å²) in [6.45, 7) is 4.04. The standard InChI is InChI=1S/C30H31NO4S/c1-28-13-11-20(32)15-19(28)8-9-21-22-12-14-30(35,29(22,2)16-24(33)27(21)28)25(34)17-36-26-10-7-18-5-3-4-6-23(18)31-26/h3-7,10-11,13,15,21-22,27,35H,8-9,12,14,16-17H2,1-2H3/t21?,22?,27?,28?,29?,30-/m0/s1. The second kappa shape index (κ2) is 8.22. The lowest BCUT2D eigenvalue weighted by molar-refractivity contribution is -0.165. The minimum Gasteiger partial charge on any atom is -0.381 e. The first-order valence-electron chi connectivity index (χ1n) is 12.9. The van der Waals surface area contributed by atoms with Crippen LogP contribution >= 0.6 is 11.8 Å². The van der Waals surface area contributed by atoms with Crippen LogP contribution in [0, 0.1) is 28.6 Å². The zero-order valence-electron chi connectivity index (χ0n) is 20.7. The largest absolute Gasteiger partial charge is 0.381 e. The minimum atomic E-state index is -1.52. The number of para-hydroxylation sites is 1. The fraction of sp³-hybridized carbons (Fsp3) is 0.467. The number of nitrogens with zero attached hydrogens (tertiary/aromatic N) is 1. The molecule has 1 heterocycles. The molecule has 3 fully saturated rings. The number of hydrogen-bond donors (Lipinski definition) is 1. The molecule has 2 aromatic rings.